The minimum Gasteiger partial charge on any atom is -0.436 e. The Morgan fingerprint density at radius 3 is 2.58 bits per heavy atom. The van der Waals surface area contributed by atoms with Gasteiger partial charge in [-0.3, -0.25) is 0 Å². The molecule has 102 valence electrons. The van der Waals surface area contributed by atoms with Crippen LogP contribution < -0.4 is 10.5 Å². The van der Waals surface area contributed by atoms with Crippen molar-refractivity contribution in [1.29, 1.82) is 0 Å². The molecule has 2 aromatic rings. The Bertz CT molecular complexity index is 605. The van der Waals surface area contributed by atoms with Crippen LogP contribution in [0, 0.1) is 6.92 Å². The molecule has 0 radical (unpaired) electrons. The quantitative estimate of drug-likeness (QED) is 0.929. The van der Waals surface area contributed by atoms with E-state index >= 15 is 0 Å². The molecule has 0 unspecified atom stereocenters. The first kappa shape index (κ1) is 13.9. The first-order valence-corrected chi connectivity index (χ1v) is 6.95. The summed E-state index contributed by atoms with van der Waals surface area (Å²) in [5.74, 6) is 1.58. The lowest BCUT2D eigenvalue weighted by atomic mass is 10.1. The number of halogens is 1. The molecule has 2 N–H and O–H groups in total. The fourth-order valence-corrected chi connectivity index (χ4v) is 2.46. The minimum absolute atomic E-state index is 0.269. The van der Waals surface area contributed by atoms with Crippen LogP contribution in [0.5, 0.6) is 11.6 Å². The van der Waals surface area contributed by atoms with E-state index in [1.54, 1.807) is 4.68 Å². The van der Waals surface area contributed by atoms with Gasteiger partial charge < -0.3 is 10.5 Å². The molecule has 1 aromatic carbocycles. The van der Waals surface area contributed by atoms with Crippen molar-refractivity contribution < 1.29 is 4.74 Å². The van der Waals surface area contributed by atoms with Gasteiger partial charge in [0, 0.05) is 7.05 Å². The smallest absolute Gasteiger partial charge is 0.241 e. The Kier molecular flexibility index (Phi) is 3.85. The molecule has 2 rings (SSSR count). The van der Waals surface area contributed by atoms with Gasteiger partial charge in [0.1, 0.15) is 11.4 Å². The zero-order valence-electron chi connectivity index (χ0n) is 11.6. The molecule has 0 atom stereocenters. The molecule has 0 aliphatic heterocycles. The van der Waals surface area contributed by atoms with E-state index in [9.17, 15) is 0 Å². The first-order valence-electron chi connectivity index (χ1n) is 6.16. The minimum atomic E-state index is 0.269. The van der Waals surface area contributed by atoms with Crippen LogP contribution in [0.25, 0.3) is 0 Å². The number of ether oxygens (including phenoxy) is 1. The summed E-state index contributed by atoms with van der Waals surface area (Å²) in [6.07, 6.45) is 0. The molecule has 1 aromatic heterocycles. The summed E-state index contributed by atoms with van der Waals surface area (Å²) in [7, 11) is 1.83. The number of aryl methyl sites for hydroxylation is 2. The van der Waals surface area contributed by atoms with E-state index in [-0.39, 0.29) is 5.92 Å². The van der Waals surface area contributed by atoms with Gasteiger partial charge >= 0.3 is 0 Å². The number of rotatable bonds is 3. The maximum absolute atomic E-state index is 6.11. The Morgan fingerprint density at radius 2 is 2.05 bits per heavy atom. The van der Waals surface area contributed by atoms with Gasteiger partial charge in [0.2, 0.25) is 5.88 Å². The number of hydrogen-bond donors (Lipinski definition) is 1. The van der Waals surface area contributed by atoms with E-state index in [4.69, 9.17) is 10.5 Å². The highest BCUT2D eigenvalue weighted by Crippen LogP contribution is 2.36. The summed E-state index contributed by atoms with van der Waals surface area (Å²) in [6.45, 7) is 6.15. The van der Waals surface area contributed by atoms with E-state index in [0.29, 0.717) is 11.6 Å². The van der Waals surface area contributed by atoms with Gasteiger partial charge in [-0.25, -0.2) is 4.68 Å². The van der Waals surface area contributed by atoms with Crippen LogP contribution >= 0.6 is 15.9 Å². The lowest BCUT2D eigenvalue weighted by Crippen LogP contribution is -1.97. The van der Waals surface area contributed by atoms with E-state index in [2.05, 4.69) is 34.9 Å². The molecular formula is C14H18BrN3O. The summed E-state index contributed by atoms with van der Waals surface area (Å²) in [6, 6.07) is 5.92. The lowest BCUT2D eigenvalue weighted by molar-refractivity contribution is 0.430. The third kappa shape index (κ3) is 2.76. The largest absolute Gasteiger partial charge is 0.436 e. The molecule has 0 saturated heterocycles. The second-order valence-electron chi connectivity index (χ2n) is 4.92. The predicted molar refractivity (Wildman–Crippen MR) is 80.7 cm³/mol. The number of benzene rings is 1. The zero-order valence-corrected chi connectivity index (χ0v) is 13.2. The fraction of sp³-hybridized carbons (Fsp3) is 0.357. The number of nitrogens with two attached hydrogens (primary N) is 1. The number of aromatic nitrogens is 2. The third-order valence-corrected chi connectivity index (χ3v) is 3.52. The Hall–Kier alpha value is -1.49. The van der Waals surface area contributed by atoms with Crippen LogP contribution in [-0.2, 0) is 7.05 Å². The van der Waals surface area contributed by atoms with Crippen molar-refractivity contribution in [3.8, 4) is 11.6 Å². The lowest BCUT2D eigenvalue weighted by Gasteiger charge is -2.09. The van der Waals surface area contributed by atoms with Crippen LogP contribution in [0.2, 0.25) is 0 Å². The highest BCUT2D eigenvalue weighted by atomic mass is 79.9. The SMILES string of the molecule is Cc1ccc(Oc2c(N)c(C(C)C)nn2C)c(Br)c1. The van der Waals surface area contributed by atoms with Gasteiger partial charge in [-0.15, -0.1) is 0 Å². The van der Waals surface area contributed by atoms with Crippen LogP contribution in [0.3, 0.4) is 0 Å². The normalized spacial score (nSPS) is 11.1. The molecule has 0 saturated carbocycles. The van der Waals surface area contributed by atoms with Gasteiger partial charge in [0.25, 0.3) is 0 Å². The fourth-order valence-electron chi connectivity index (χ4n) is 1.89. The van der Waals surface area contributed by atoms with Crippen molar-refractivity contribution in [2.45, 2.75) is 26.7 Å². The highest BCUT2D eigenvalue weighted by Gasteiger charge is 2.18. The topological polar surface area (TPSA) is 53.1 Å². The second kappa shape index (κ2) is 5.25. The summed E-state index contributed by atoms with van der Waals surface area (Å²) in [5.41, 5.74) is 8.74. The van der Waals surface area contributed by atoms with Crippen molar-refractivity contribution in [3.63, 3.8) is 0 Å². The summed E-state index contributed by atoms with van der Waals surface area (Å²) >= 11 is 3.49. The molecule has 4 nitrogen and oxygen atoms in total. The van der Waals surface area contributed by atoms with Gasteiger partial charge in [-0.05, 0) is 46.5 Å². The molecule has 0 aliphatic rings. The van der Waals surface area contributed by atoms with Gasteiger partial charge in [0.05, 0.1) is 10.2 Å². The van der Waals surface area contributed by atoms with Crippen LogP contribution in [-0.4, -0.2) is 9.78 Å². The Morgan fingerprint density at radius 1 is 1.37 bits per heavy atom. The second-order valence-corrected chi connectivity index (χ2v) is 5.77. The predicted octanol–water partition coefficient (Wildman–Crippen LogP) is 3.99. The molecule has 1 heterocycles. The van der Waals surface area contributed by atoms with Gasteiger partial charge in [-0.2, -0.15) is 5.10 Å². The summed E-state index contributed by atoms with van der Waals surface area (Å²) in [4.78, 5) is 0. The van der Waals surface area contributed by atoms with Crippen molar-refractivity contribution in [3.05, 3.63) is 33.9 Å². The number of anilines is 1. The van der Waals surface area contributed by atoms with E-state index in [1.165, 1.54) is 5.56 Å². The number of nitrogens with zero attached hydrogens (tertiary/aromatic N) is 2. The molecule has 0 amide bonds. The molecule has 5 heteroatoms. The average molecular weight is 324 g/mol. The molecule has 0 aliphatic carbocycles. The average Bonchev–Trinajstić information content (AvgIpc) is 2.60. The monoisotopic (exact) mass is 323 g/mol. The first-order chi connectivity index (χ1) is 8.90. The van der Waals surface area contributed by atoms with Crippen molar-refractivity contribution in [1.82, 2.24) is 9.78 Å². The number of hydrogen-bond acceptors (Lipinski definition) is 3. The Labute approximate surface area is 121 Å². The Balaban J connectivity index is 2.38. The molecular weight excluding hydrogens is 306 g/mol. The summed E-state index contributed by atoms with van der Waals surface area (Å²) in [5, 5.41) is 4.40. The van der Waals surface area contributed by atoms with Gasteiger partial charge in [-0.1, -0.05) is 19.9 Å². The van der Waals surface area contributed by atoms with E-state index < -0.39 is 0 Å². The molecule has 0 spiro atoms. The van der Waals surface area contributed by atoms with E-state index in [0.717, 1.165) is 15.9 Å². The van der Waals surface area contributed by atoms with Crippen LogP contribution in [0.4, 0.5) is 5.69 Å². The maximum Gasteiger partial charge on any atom is 0.241 e. The molecule has 0 bridgehead atoms. The highest BCUT2D eigenvalue weighted by molar-refractivity contribution is 9.10. The molecule has 19 heavy (non-hydrogen) atoms. The standard InChI is InChI=1S/C14H18BrN3O/c1-8(2)13-12(16)14(18(4)17-13)19-11-6-5-9(3)7-10(11)15/h5-8H,16H2,1-4H3. The van der Waals surface area contributed by atoms with E-state index in [1.807, 2.05) is 32.2 Å². The van der Waals surface area contributed by atoms with Crippen LogP contribution in [0.1, 0.15) is 31.0 Å². The maximum atomic E-state index is 6.11. The van der Waals surface area contributed by atoms with Gasteiger partial charge in [0.15, 0.2) is 0 Å². The summed E-state index contributed by atoms with van der Waals surface area (Å²) < 4.78 is 8.46. The van der Waals surface area contributed by atoms with Crippen molar-refractivity contribution in [2.24, 2.45) is 7.05 Å². The van der Waals surface area contributed by atoms with Crippen molar-refractivity contribution >= 4 is 21.6 Å². The zero-order chi connectivity index (χ0) is 14.2. The number of nitrogen functional groups attached to an aromatic ring is 1. The van der Waals surface area contributed by atoms with Crippen LogP contribution in [0.15, 0.2) is 22.7 Å². The van der Waals surface area contributed by atoms with Crippen molar-refractivity contribution in [2.75, 3.05) is 5.73 Å². The molecule has 0 fully saturated rings. The third-order valence-electron chi connectivity index (χ3n) is 2.90.